The van der Waals surface area contributed by atoms with Crippen LogP contribution in [0.4, 0.5) is 0 Å². The molecule has 0 bridgehead atoms. The molecule has 0 saturated heterocycles. The van der Waals surface area contributed by atoms with E-state index in [9.17, 15) is 9.90 Å². The van der Waals surface area contributed by atoms with Crippen molar-refractivity contribution in [1.82, 2.24) is 9.97 Å². The Bertz CT molecular complexity index is 688. The van der Waals surface area contributed by atoms with Crippen LogP contribution in [0.3, 0.4) is 0 Å². The number of aromatic amines is 1. The number of methoxy groups -OCH3 is 1. The van der Waals surface area contributed by atoms with Crippen molar-refractivity contribution in [3.63, 3.8) is 0 Å². The van der Waals surface area contributed by atoms with Crippen molar-refractivity contribution >= 4 is 0 Å². The molecule has 1 aliphatic rings. The van der Waals surface area contributed by atoms with E-state index in [-0.39, 0.29) is 17.0 Å². The third kappa shape index (κ3) is 2.34. The second-order valence-electron chi connectivity index (χ2n) is 5.38. The maximum Gasteiger partial charge on any atom is 0.262 e. The Morgan fingerprint density at radius 2 is 1.90 bits per heavy atom. The van der Waals surface area contributed by atoms with Gasteiger partial charge in [0.1, 0.15) is 17.0 Å². The van der Waals surface area contributed by atoms with Gasteiger partial charge in [-0.2, -0.15) is 4.98 Å². The molecular weight excluding hydrogens is 268 g/mol. The van der Waals surface area contributed by atoms with Gasteiger partial charge in [-0.05, 0) is 31.2 Å². The molecule has 2 aromatic rings. The van der Waals surface area contributed by atoms with Gasteiger partial charge >= 0.3 is 0 Å². The molecule has 1 heterocycles. The molecule has 21 heavy (non-hydrogen) atoms. The number of aromatic hydroxyl groups is 1. The lowest BCUT2D eigenvalue weighted by Gasteiger charge is -2.26. The predicted molar refractivity (Wildman–Crippen MR) is 79.1 cm³/mol. The number of aromatic nitrogens is 2. The van der Waals surface area contributed by atoms with E-state index in [0.29, 0.717) is 11.4 Å². The second kappa shape index (κ2) is 5.33. The van der Waals surface area contributed by atoms with Gasteiger partial charge in [0.25, 0.3) is 5.56 Å². The predicted octanol–water partition coefficient (Wildman–Crippen LogP) is 2.56. The lowest BCUT2D eigenvalue weighted by molar-refractivity contribution is -0.0168. The normalized spacial score (nSPS) is 17.0. The van der Waals surface area contributed by atoms with Gasteiger partial charge in [0.05, 0.1) is 0 Å². The highest BCUT2D eigenvalue weighted by Gasteiger charge is 2.38. The van der Waals surface area contributed by atoms with E-state index in [0.717, 1.165) is 25.7 Å². The largest absolute Gasteiger partial charge is 0.493 e. The first-order valence-corrected chi connectivity index (χ1v) is 7.11. The number of ether oxygens (including phenoxy) is 1. The van der Waals surface area contributed by atoms with Gasteiger partial charge in [-0.3, -0.25) is 4.79 Å². The Labute approximate surface area is 122 Å². The minimum absolute atomic E-state index is 0.198. The highest BCUT2D eigenvalue weighted by atomic mass is 16.5. The van der Waals surface area contributed by atoms with Crippen LogP contribution in [-0.2, 0) is 10.3 Å². The van der Waals surface area contributed by atoms with Crippen LogP contribution in [0.15, 0.2) is 35.1 Å². The third-order valence-corrected chi connectivity index (χ3v) is 4.20. The van der Waals surface area contributed by atoms with E-state index in [4.69, 9.17) is 4.74 Å². The number of hydrogen-bond donors (Lipinski definition) is 2. The summed E-state index contributed by atoms with van der Waals surface area (Å²) in [5.41, 5.74) is -0.0740. The van der Waals surface area contributed by atoms with Crippen molar-refractivity contribution in [3.05, 3.63) is 46.5 Å². The van der Waals surface area contributed by atoms with Crippen LogP contribution in [0.1, 0.15) is 31.5 Å². The zero-order valence-corrected chi connectivity index (χ0v) is 11.9. The molecule has 0 spiro atoms. The number of nitrogens with one attached hydrogen (secondary N) is 1. The average molecular weight is 286 g/mol. The Hall–Kier alpha value is -2.14. The van der Waals surface area contributed by atoms with Gasteiger partial charge in [0.2, 0.25) is 5.88 Å². The Balaban J connectivity index is 2.11. The zero-order valence-electron chi connectivity index (χ0n) is 11.9. The second-order valence-corrected chi connectivity index (χ2v) is 5.38. The van der Waals surface area contributed by atoms with E-state index in [1.165, 1.54) is 0 Å². The molecule has 0 unspecified atom stereocenters. The maximum atomic E-state index is 12.4. The van der Waals surface area contributed by atoms with Gasteiger partial charge in [0.15, 0.2) is 0 Å². The molecule has 1 aromatic carbocycles. The van der Waals surface area contributed by atoms with Gasteiger partial charge in [-0.1, -0.05) is 30.3 Å². The minimum Gasteiger partial charge on any atom is -0.493 e. The molecule has 1 aliphatic carbocycles. The Morgan fingerprint density at radius 3 is 2.48 bits per heavy atom. The summed E-state index contributed by atoms with van der Waals surface area (Å²) >= 11 is 0. The third-order valence-electron chi connectivity index (χ3n) is 4.20. The fourth-order valence-corrected chi connectivity index (χ4v) is 3.03. The SMILES string of the molecule is COC1(c2nc(O)c(-c3ccccc3)c(=O)[nH]2)CCCC1. The van der Waals surface area contributed by atoms with Crippen molar-refractivity contribution in [2.75, 3.05) is 7.11 Å². The first kappa shape index (κ1) is 13.8. The number of H-pyrrole nitrogens is 1. The molecule has 2 N–H and O–H groups in total. The highest BCUT2D eigenvalue weighted by molar-refractivity contribution is 5.67. The zero-order chi connectivity index (χ0) is 14.9. The van der Waals surface area contributed by atoms with Gasteiger partial charge in [-0.15, -0.1) is 0 Å². The quantitative estimate of drug-likeness (QED) is 0.909. The van der Waals surface area contributed by atoms with E-state index in [1.807, 2.05) is 18.2 Å². The van der Waals surface area contributed by atoms with Crippen LogP contribution >= 0.6 is 0 Å². The standard InChI is InChI=1S/C16H18N2O3/c1-21-16(9-5-6-10-16)15-17-13(19)12(14(20)18-15)11-7-3-2-4-8-11/h2-4,7-8H,5-6,9-10H2,1H3,(H2,17,18,19,20). The van der Waals surface area contributed by atoms with Crippen molar-refractivity contribution in [2.24, 2.45) is 0 Å². The topological polar surface area (TPSA) is 75.2 Å². The molecule has 1 aromatic heterocycles. The van der Waals surface area contributed by atoms with Crippen LogP contribution in [0.25, 0.3) is 11.1 Å². The van der Waals surface area contributed by atoms with E-state index >= 15 is 0 Å². The van der Waals surface area contributed by atoms with E-state index < -0.39 is 5.60 Å². The molecular formula is C16H18N2O3. The summed E-state index contributed by atoms with van der Waals surface area (Å²) in [6, 6.07) is 9.03. The molecule has 5 heteroatoms. The van der Waals surface area contributed by atoms with Crippen molar-refractivity contribution in [1.29, 1.82) is 0 Å². The summed E-state index contributed by atoms with van der Waals surface area (Å²) in [4.78, 5) is 19.4. The van der Waals surface area contributed by atoms with Crippen LogP contribution in [0.2, 0.25) is 0 Å². The first-order valence-electron chi connectivity index (χ1n) is 7.11. The van der Waals surface area contributed by atoms with Crippen LogP contribution in [0, 0.1) is 0 Å². The number of benzene rings is 1. The molecule has 1 fully saturated rings. The molecule has 1 saturated carbocycles. The molecule has 0 amide bonds. The van der Waals surface area contributed by atoms with Crippen LogP contribution in [0.5, 0.6) is 5.88 Å². The van der Waals surface area contributed by atoms with Gasteiger partial charge in [-0.25, -0.2) is 0 Å². The molecule has 0 radical (unpaired) electrons. The lowest BCUT2D eigenvalue weighted by Crippen LogP contribution is -2.30. The molecule has 3 rings (SSSR count). The van der Waals surface area contributed by atoms with Crippen molar-refractivity contribution < 1.29 is 9.84 Å². The summed E-state index contributed by atoms with van der Waals surface area (Å²) in [6.45, 7) is 0. The minimum atomic E-state index is -0.578. The number of hydrogen-bond acceptors (Lipinski definition) is 4. The van der Waals surface area contributed by atoms with Crippen LogP contribution < -0.4 is 5.56 Å². The monoisotopic (exact) mass is 286 g/mol. The summed E-state index contributed by atoms with van der Waals surface area (Å²) in [6.07, 6.45) is 3.66. The summed E-state index contributed by atoms with van der Waals surface area (Å²) in [5, 5.41) is 10.2. The molecule has 110 valence electrons. The fourth-order valence-electron chi connectivity index (χ4n) is 3.03. The summed E-state index contributed by atoms with van der Waals surface area (Å²) in [5.74, 6) is 0.174. The van der Waals surface area contributed by atoms with Crippen molar-refractivity contribution in [2.45, 2.75) is 31.3 Å². The Kier molecular flexibility index (Phi) is 3.51. The molecule has 0 aliphatic heterocycles. The Morgan fingerprint density at radius 1 is 1.24 bits per heavy atom. The fraction of sp³-hybridized carbons (Fsp3) is 0.375. The van der Waals surface area contributed by atoms with E-state index in [1.54, 1.807) is 19.2 Å². The highest BCUT2D eigenvalue weighted by Crippen LogP contribution is 2.40. The molecule has 5 nitrogen and oxygen atoms in total. The number of rotatable bonds is 3. The first-order chi connectivity index (χ1) is 10.2. The van der Waals surface area contributed by atoms with Crippen LogP contribution in [-0.4, -0.2) is 22.2 Å². The summed E-state index contributed by atoms with van der Waals surface area (Å²) in [7, 11) is 1.62. The van der Waals surface area contributed by atoms with Crippen molar-refractivity contribution in [3.8, 4) is 17.0 Å². The molecule has 0 atom stereocenters. The average Bonchev–Trinajstić information content (AvgIpc) is 2.98. The van der Waals surface area contributed by atoms with E-state index in [2.05, 4.69) is 9.97 Å². The number of nitrogens with zero attached hydrogens (tertiary/aromatic N) is 1. The van der Waals surface area contributed by atoms with Gasteiger partial charge in [0, 0.05) is 7.11 Å². The van der Waals surface area contributed by atoms with Gasteiger partial charge < -0.3 is 14.8 Å². The maximum absolute atomic E-state index is 12.4. The lowest BCUT2D eigenvalue weighted by atomic mass is 10.0. The summed E-state index contributed by atoms with van der Waals surface area (Å²) < 4.78 is 5.60. The smallest absolute Gasteiger partial charge is 0.262 e.